The summed E-state index contributed by atoms with van der Waals surface area (Å²) in [5, 5.41) is 3.09. The van der Waals surface area contributed by atoms with E-state index in [4.69, 9.17) is 0 Å². The quantitative estimate of drug-likeness (QED) is 0.718. The Morgan fingerprint density at radius 3 is 2.95 bits per heavy atom. The van der Waals surface area contributed by atoms with Gasteiger partial charge in [0.1, 0.15) is 0 Å². The van der Waals surface area contributed by atoms with Gasteiger partial charge in [-0.2, -0.15) is 0 Å². The standard InChI is InChI=1S/C18H25NO/c1-17-8-3-4-14(17)13-6-5-12-11-19-16(20)10-18(12,2)15(13)7-9-17/h3-4,8,12-13,15H,5-7,9-11H2,1-2H3,(H,19,20). The number of fused-ring (bicyclic) bond motifs is 5. The van der Waals surface area contributed by atoms with E-state index in [9.17, 15) is 4.79 Å². The van der Waals surface area contributed by atoms with E-state index in [1.807, 2.05) is 0 Å². The van der Waals surface area contributed by atoms with Crippen molar-refractivity contribution < 1.29 is 4.79 Å². The Bertz CT molecular complexity index is 520. The lowest BCUT2D eigenvalue weighted by Gasteiger charge is -2.57. The second-order valence-electron chi connectivity index (χ2n) is 7.91. The number of hydrogen-bond donors (Lipinski definition) is 1. The van der Waals surface area contributed by atoms with E-state index in [0.29, 0.717) is 17.3 Å². The van der Waals surface area contributed by atoms with Gasteiger partial charge in [0.05, 0.1) is 0 Å². The molecule has 3 aliphatic carbocycles. The van der Waals surface area contributed by atoms with Gasteiger partial charge in [0, 0.05) is 18.4 Å². The Kier molecular flexibility index (Phi) is 2.53. The van der Waals surface area contributed by atoms with E-state index in [1.54, 1.807) is 5.57 Å². The van der Waals surface area contributed by atoms with Gasteiger partial charge in [-0.15, -0.1) is 0 Å². The molecule has 5 atom stereocenters. The third-order valence-corrected chi connectivity index (χ3v) is 6.95. The highest BCUT2D eigenvalue weighted by Gasteiger charge is 2.55. The summed E-state index contributed by atoms with van der Waals surface area (Å²) in [6, 6.07) is 0. The average Bonchev–Trinajstić information content (AvgIpc) is 2.79. The van der Waals surface area contributed by atoms with E-state index in [-0.39, 0.29) is 11.3 Å². The molecule has 5 unspecified atom stereocenters. The maximum absolute atomic E-state index is 12.0. The SMILES string of the molecule is CC12C=CC=C1C1CCC3CNC(=O)CC3(C)C1CC2. The third-order valence-electron chi connectivity index (χ3n) is 6.95. The average molecular weight is 271 g/mol. The predicted molar refractivity (Wildman–Crippen MR) is 80.0 cm³/mol. The Labute approximate surface area is 121 Å². The van der Waals surface area contributed by atoms with Crippen LogP contribution in [0.5, 0.6) is 0 Å². The van der Waals surface area contributed by atoms with Gasteiger partial charge in [-0.05, 0) is 48.9 Å². The molecule has 2 nitrogen and oxygen atoms in total. The zero-order valence-corrected chi connectivity index (χ0v) is 12.6. The number of allylic oxidation sites excluding steroid dienone is 4. The van der Waals surface area contributed by atoms with E-state index < -0.39 is 0 Å². The molecule has 4 aliphatic rings. The fourth-order valence-electron chi connectivity index (χ4n) is 5.71. The van der Waals surface area contributed by atoms with Crippen LogP contribution in [-0.4, -0.2) is 12.5 Å². The Hall–Kier alpha value is -1.05. The van der Waals surface area contributed by atoms with Gasteiger partial charge in [0.15, 0.2) is 0 Å². The first-order valence-corrected chi connectivity index (χ1v) is 8.19. The first kappa shape index (κ1) is 12.7. The van der Waals surface area contributed by atoms with Crippen molar-refractivity contribution in [1.82, 2.24) is 5.32 Å². The molecule has 2 saturated carbocycles. The lowest BCUT2D eigenvalue weighted by molar-refractivity contribution is -0.134. The first-order valence-electron chi connectivity index (χ1n) is 8.19. The van der Waals surface area contributed by atoms with Crippen LogP contribution in [0.1, 0.15) is 46.0 Å². The molecule has 1 N–H and O–H groups in total. The molecule has 1 amide bonds. The summed E-state index contributed by atoms with van der Waals surface area (Å²) < 4.78 is 0. The fourth-order valence-corrected chi connectivity index (χ4v) is 5.71. The van der Waals surface area contributed by atoms with E-state index in [1.165, 1.54) is 25.7 Å². The normalized spacial score (nSPS) is 49.8. The number of piperidine rings is 1. The van der Waals surface area contributed by atoms with Crippen molar-refractivity contribution in [2.45, 2.75) is 46.0 Å². The van der Waals surface area contributed by atoms with Gasteiger partial charge in [-0.1, -0.05) is 37.6 Å². The van der Waals surface area contributed by atoms with Gasteiger partial charge in [-0.3, -0.25) is 4.79 Å². The number of hydrogen-bond acceptors (Lipinski definition) is 1. The molecule has 3 fully saturated rings. The maximum Gasteiger partial charge on any atom is 0.220 e. The van der Waals surface area contributed by atoms with Crippen LogP contribution in [0, 0.1) is 28.6 Å². The molecular weight excluding hydrogens is 246 g/mol. The van der Waals surface area contributed by atoms with Gasteiger partial charge in [0.25, 0.3) is 0 Å². The molecule has 0 radical (unpaired) electrons. The Balaban J connectivity index is 1.70. The van der Waals surface area contributed by atoms with Crippen molar-refractivity contribution in [1.29, 1.82) is 0 Å². The smallest absolute Gasteiger partial charge is 0.220 e. The van der Waals surface area contributed by atoms with Crippen LogP contribution in [0.25, 0.3) is 0 Å². The zero-order valence-electron chi connectivity index (χ0n) is 12.6. The minimum absolute atomic E-state index is 0.232. The lowest BCUT2D eigenvalue weighted by Crippen LogP contribution is -2.56. The maximum atomic E-state index is 12.0. The number of carbonyl (C=O) groups is 1. The molecule has 0 aromatic carbocycles. The second-order valence-corrected chi connectivity index (χ2v) is 7.91. The van der Waals surface area contributed by atoms with Gasteiger partial charge in [0.2, 0.25) is 5.91 Å². The van der Waals surface area contributed by atoms with Crippen LogP contribution in [0.15, 0.2) is 23.8 Å². The van der Waals surface area contributed by atoms with Crippen LogP contribution >= 0.6 is 0 Å². The van der Waals surface area contributed by atoms with Crippen molar-refractivity contribution in [3.05, 3.63) is 23.8 Å². The second kappa shape index (κ2) is 3.99. The van der Waals surface area contributed by atoms with Crippen molar-refractivity contribution in [3.63, 3.8) is 0 Å². The van der Waals surface area contributed by atoms with Gasteiger partial charge < -0.3 is 5.32 Å². The summed E-state index contributed by atoms with van der Waals surface area (Å²) in [7, 11) is 0. The van der Waals surface area contributed by atoms with Crippen molar-refractivity contribution in [3.8, 4) is 0 Å². The third kappa shape index (κ3) is 1.54. The van der Waals surface area contributed by atoms with Crippen LogP contribution in [0.3, 0.4) is 0 Å². The van der Waals surface area contributed by atoms with E-state index in [2.05, 4.69) is 37.4 Å². The zero-order chi connectivity index (χ0) is 14.0. The summed E-state index contributed by atoms with van der Waals surface area (Å²) in [5.41, 5.74) is 2.22. The number of nitrogens with one attached hydrogen (secondary N) is 1. The monoisotopic (exact) mass is 271 g/mol. The largest absolute Gasteiger partial charge is 0.356 e. The van der Waals surface area contributed by atoms with Gasteiger partial charge >= 0.3 is 0 Å². The molecule has 1 aliphatic heterocycles. The highest BCUT2D eigenvalue weighted by molar-refractivity contribution is 5.77. The molecule has 1 saturated heterocycles. The topological polar surface area (TPSA) is 29.1 Å². The van der Waals surface area contributed by atoms with Crippen molar-refractivity contribution in [2.75, 3.05) is 6.54 Å². The molecular formula is C18H25NO. The van der Waals surface area contributed by atoms with Crippen LogP contribution in [-0.2, 0) is 4.79 Å². The van der Waals surface area contributed by atoms with Crippen LogP contribution < -0.4 is 5.32 Å². The van der Waals surface area contributed by atoms with E-state index in [0.717, 1.165) is 18.9 Å². The number of rotatable bonds is 0. The van der Waals surface area contributed by atoms with Gasteiger partial charge in [-0.25, -0.2) is 0 Å². The number of amides is 1. The number of carbonyl (C=O) groups excluding carboxylic acids is 1. The summed E-state index contributed by atoms with van der Waals surface area (Å²) >= 11 is 0. The highest BCUT2D eigenvalue weighted by Crippen LogP contribution is 2.62. The summed E-state index contributed by atoms with van der Waals surface area (Å²) in [5.74, 6) is 2.40. The molecule has 1 heterocycles. The summed E-state index contributed by atoms with van der Waals surface area (Å²) in [4.78, 5) is 12.0. The Morgan fingerprint density at radius 2 is 2.10 bits per heavy atom. The summed E-state index contributed by atoms with van der Waals surface area (Å²) in [6.07, 6.45) is 13.0. The molecule has 0 aromatic heterocycles. The highest BCUT2D eigenvalue weighted by atomic mass is 16.1. The lowest BCUT2D eigenvalue weighted by atomic mass is 9.48. The summed E-state index contributed by atoms with van der Waals surface area (Å²) in [6.45, 7) is 5.71. The molecule has 20 heavy (non-hydrogen) atoms. The minimum Gasteiger partial charge on any atom is -0.356 e. The molecule has 2 heteroatoms. The van der Waals surface area contributed by atoms with Crippen molar-refractivity contribution in [2.24, 2.45) is 28.6 Å². The first-order chi connectivity index (χ1) is 9.53. The van der Waals surface area contributed by atoms with Crippen LogP contribution in [0.4, 0.5) is 0 Å². The minimum atomic E-state index is 0.232. The molecule has 108 valence electrons. The predicted octanol–water partition coefficient (Wildman–Crippen LogP) is 3.45. The molecule has 0 aromatic rings. The molecule has 4 rings (SSSR count). The molecule has 0 bridgehead atoms. The molecule has 0 spiro atoms. The van der Waals surface area contributed by atoms with E-state index >= 15 is 0 Å². The Morgan fingerprint density at radius 1 is 1.25 bits per heavy atom. The van der Waals surface area contributed by atoms with Crippen molar-refractivity contribution >= 4 is 5.91 Å². The fraction of sp³-hybridized carbons (Fsp3) is 0.722. The van der Waals surface area contributed by atoms with Crippen LogP contribution in [0.2, 0.25) is 0 Å².